The molecule has 0 unspecified atom stereocenters. The van der Waals surface area contributed by atoms with Crippen LogP contribution in [0.15, 0.2) is 6.33 Å². The standard InChI is InChI=1S/C21H33N7O3/c1-15(29)27-12-16-11-25(3)21(31)19-18(23-14-28(19)17(16)13-27)20(30)22-5-4-6-26-9-7-24(2)8-10-26/h14,16-17H,4-13H2,1-3H3,(H,22,30)/t16-,17+/m1/s1. The fourth-order valence-electron chi connectivity index (χ4n) is 4.87. The Morgan fingerprint density at radius 2 is 1.87 bits per heavy atom. The third kappa shape index (κ3) is 4.45. The average molecular weight is 432 g/mol. The smallest absolute Gasteiger partial charge is 0.272 e. The van der Waals surface area contributed by atoms with Gasteiger partial charge in [-0.05, 0) is 20.0 Å². The summed E-state index contributed by atoms with van der Waals surface area (Å²) in [5, 5.41) is 2.94. The molecule has 3 amide bonds. The van der Waals surface area contributed by atoms with E-state index in [1.165, 1.54) is 0 Å². The van der Waals surface area contributed by atoms with Gasteiger partial charge in [-0.3, -0.25) is 14.4 Å². The molecule has 31 heavy (non-hydrogen) atoms. The van der Waals surface area contributed by atoms with E-state index in [2.05, 4.69) is 27.1 Å². The lowest BCUT2D eigenvalue weighted by Gasteiger charge is -2.32. The van der Waals surface area contributed by atoms with Gasteiger partial charge in [0.25, 0.3) is 11.8 Å². The molecule has 2 saturated heterocycles. The van der Waals surface area contributed by atoms with Crippen molar-refractivity contribution in [2.45, 2.75) is 19.4 Å². The first-order valence-electron chi connectivity index (χ1n) is 11.1. The normalized spacial score (nSPS) is 24.7. The van der Waals surface area contributed by atoms with Crippen molar-refractivity contribution < 1.29 is 14.4 Å². The fraction of sp³-hybridized carbons (Fsp3) is 0.714. The monoisotopic (exact) mass is 431 g/mol. The molecule has 4 heterocycles. The molecule has 170 valence electrons. The number of imidazole rings is 1. The van der Waals surface area contributed by atoms with E-state index in [-0.39, 0.29) is 35.4 Å². The number of carbonyl (C=O) groups excluding carboxylic acids is 3. The molecular weight excluding hydrogens is 398 g/mol. The molecular formula is C21H33N7O3. The third-order valence-electron chi connectivity index (χ3n) is 6.81. The molecule has 3 aliphatic heterocycles. The van der Waals surface area contributed by atoms with Gasteiger partial charge >= 0.3 is 0 Å². The molecule has 3 aliphatic rings. The lowest BCUT2D eigenvalue weighted by molar-refractivity contribution is -0.128. The molecule has 0 spiro atoms. The van der Waals surface area contributed by atoms with Crippen molar-refractivity contribution in [3.05, 3.63) is 17.7 Å². The van der Waals surface area contributed by atoms with Crippen LogP contribution in [0.4, 0.5) is 0 Å². The van der Waals surface area contributed by atoms with Crippen LogP contribution in [-0.2, 0) is 4.79 Å². The van der Waals surface area contributed by atoms with Crippen molar-refractivity contribution in [1.29, 1.82) is 0 Å². The summed E-state index contributed by atoms with van der Waals surface area (Å²) in [7, 11) is 3.88. The topological polar surface area (TPSA) is 94.0 Å². The van der Waals surface area contributed by atoms with Crippen LogP contribution in [0.25, 0.3) is 0 Å². The molecule has 4 rings (SSSR count). The van der Waals surface area contributed by atoms with Gasteiger partial charge in [0.2, 0.25) is 5.91 Å². The van der Waals surface area contributed by atoms with E-state index in [4.69, 9.17) is 0 Å². The molecule has 0 aliphatic carbocycles. The summed E-state index contributed by atoms with van der Waals surface area (Å²) in [6, 6.07) is -0.0425. The lowest BCUT2D eigenvalue weighted by Crippen LogP contribution is -2.45. The number of piperazine rings is 1. The fourth-order valence-corrected chi connectivity index (χ4v) is 4.87. The van der Waals surface area contributed by atoms with Crippen LogP contribution >= 0.6 is 0 Å². The summed E-state index contributed by atoms with van der Waals surface area (Å²) in [5.74, 6) is -0.340. The number of nitrogens with zero attached hydrogens (tertiary/aromatic N) is 6. The maximum absolute atomic E-state index is 13.0. The first-order valence-corrected chi connectivity index (χ1v) is 11.1. The van der Waals surface area contributed by atoms with Crippen LogP contribution in [0.3, 0.4) is 0 Å². The number of likely N-dealkylation sites (N-methyl/N-ethyl adjacent to an activating group) is 1. The Bertz CT molecular complexity index is 846. The van der Waals surface area contributed by atoms with Gasteiger partial charge in [-0.2, -0.15) is 0 Å². The minimum atomic E-state index is -0.311. The van der Waals surface area contributed by atoms with Gasteiger partial charge in [-0.1, -0.05) is 0 Å². The van der Waals surface area contributed by atoms with Gasteiger partial charge in [-0.25, -0.2) is 4.98 Å². The molecule has 1 aromatic rings. The Labute approximate surface area is 183 Å². The second kappa shape index (κ2) is 8.96. The summed E-state index contributed by atoms with van der Waals surface area (Å²) in [6.45, 7) is 9.03. The van der Waals surface area contributed by atoms with Gasteiger partial charge in [-0.15, -0.1) is 0 Å². The van der Waals surface area contributed by atoms with Gasteiger partial charge in [0.05, 0.1) is 12.4 Å². The molecule has 10 heteroatoms. The van der Waals surface area contributed by atoms with E-state index in [1.54, 1.807) is 30.1 Å². The molecule has 0 aromatic carbocycles. The maximum Gasteiger partial charge on any atom is 0.272 e. The Balaban J connectivity index is 1.41. The van der Waals surface area contributed by atoms with Crippen molar-refractivity contribution >= 4 is 17.7 Å². The van der Waals surface area contributed by atoms with Crippen molar-refractivity contribution in [3.8, 4) is 0 Å². The minimum Gasteiger partial charge on any atom is -0.351 e. The Hall–Kier alpha value is -2.46. The Kier molecular flexibility index (Phi) is 6.29. The Morgan fingerprint density at radius 3 is 2.58 bits per heavy atom. The van der Waals surface area contributed by atoms with E-state index in [0.29, 0.717) is 31.9 Å². The van der Waals surface area contributed by atoms with E-state index in [9.17, 15) is 14.4 Å². The summed E-state index contributed by atoms with van der Waals surface area (Å²) in [4.78, 5) is 50.3. The van der Waals surface area contributed by atoms with Crippen LogP contribution < -0.4 is 5.32 Å². The number of fused-ring (bicyclic) bond motifs is 3. The summed E-state index contributed by atoms with van der Waals surface area (Å²) in [6.07, 6.45) is 2.45. The highest BCUT2D eigenvalue weighted by Crippen LogP contribution is 2.33. The number of likely N-dealkylation sites (tertiary alicyclic amines) is 1. The average Bonchev–Trinajstić information content (AvgIpc) is 3.34. The quantitative estimate of drug-likeness (QED) is 0.623. The molecule has 0 radical (unpaired) electrons. The predicted octanol–water partition coefficient (Wildman–Crippen LogP) is -0.645. The summed E-state index contributed by atoms with van der Waals surface area (Å²) < 4.78 is 1.82. The number of nitrogens with one attached hydrogen (secondary N) is 1. The number of rotatable bonds is 5. The summed E-state index contributed by atoms with van der Waals surface area (Å²) >= 11 is 0. The van der Waals surface area contributed by atoms with Crippen LogP contribution in [0.1, 0.15) is 40.4 Å². The van der Waals surface area contributed by atoms with E-state index in [0.717, 1.165) is 39.1 Å². The van der Waals surface area contributed by atoms with E-state index in [1.807, 2.05) is 4.57 Å². The molecule has 0 bridgehead atoms. The van der Waals surface area contributed by atoms with Crippen LogP contribution in [-0.4, -0.2) is 120 Å². The van der Waals surface area contributed by atoms with Crippen molar-refractivity contribution in [2.75, 3.05) is 73.0 Å². The predicted molar refractivity (Wildman–Crippen MR) is 115 cm³/mol. The van der Waals surface area contributed by atoms with Crippen LogP contribution in [0.5, 0.6) is 0 Å². The number of amides is 3. The van der Waals surface area contributed by atoms with Gasteiger partial charge in [0.15, 0.2) is 5.69 Å². The van der Waals surface area contributed by atoms with Gasteiger partial charge < -0.3 is 29.5 Å². The molecule has 1 N–H and O–H groups in total. The van der Waals surface area contributed by atoms with Crippen LogP contribution in [0, 0.1) is 5.92 Å². The zero-order valence-corrected chi connectivity index (χ0v) is 18.7. The SMILES string of the molecule is CC(=O)N1C[C@H]2CN(C)C(=O)c3c(C(=O)NCCCN4CCN(C)CC4)ncn3[C@H]2C1. The van der Waals surface area contributed by atoms with Gasteiger partial charge in [0.1, 0.15) is 5.69 Å². The molecule has 2 atom stereocenters. The lowest BCUT2D eigenvalue weighted by atomic mass is 10.0. The number of aromatic nitrogens is 2. The Morgan fingerprint density at radius 1 is 1.13 bits per heavy atom. The number of hydrogen-bond donors (Lipinski definition) is 1. The molecule has 0 saturated carbocycles. The second-order valence-corrected chi connectivity index (χ2v) is 9.04. The minimum absolute atomic E-state index is 0.0297. The maximum atomic E-state index is 13.0. The van der Waals surface area contributed by atoms with E-state index < -0.39 is 0 Å². The zero-order chi connectivity index (χ0) is 22.1. The van der Waals surface area contributed by atoms with Crippen molar-refractivity contribution in [2.24, 2.45) is 5.92 Å². The van der Waals surface area contributed by atoms with Crippen molar-refractivity contribution in [3.63, 3.8) is 0 Å². The zero-order valence-electron chi connectivity index (χ0n) is 18.7. The highest BCUT2D eigenvalue weighted by Gasteiger charge is 2.42. The largest absolute Gasteiger partial charge is 0.351 e. The molecule has 10 nitrogen and oxygen atoms in total. The molecule has 2 fully saturated rings. The second-order valence-electron chi connectivity index (χ2n) is 9.04. The van der Waals surface area contributed by atoms with Crippen LogP contribution in [0.2, 0.25) is 0 Å². The highest BCUT2D eigenvalue weighted by atomic mass is 16.2. The first-order chi connectivity index (χ1) is 14.8. The third-order valence-corrected chi connectivity index (χ3v) is 6.81. The molecule has 1 aromatic heterocycles. The number of hydrogen-bond acceptors (Lipinski definition) is 6. The summed E-state index contributed by atoms with van der Waals surface area (Å²) in [5.41, 5.74) is 0.510. The van der Waals surface area contributed by atoms with Crippen molar-refractivity contribution in [1.82, 2.24) is 34.5 Å². The van der Waals surface area contributed by atoms with Gasteiger partial charge in [0, 0.05) is 72.2 Å². The van der Waals surface area contributed by atoms with E-state index >= 15 is 0 Å². The first kappa shape index (κ1) is 21.8. The number of carbonyl (C=O) groups is 3. The highest BCUT2D eigenvalue weighted by molar-refractivity contribution is 6.05.